The number of nitrogen functional groups attached to an aromatic ring is 1. The van der Waals surface area contributed by atoms with Gasteiger partial charge in [0, 0.05) is 27.8 Å². The molecule has 5 N–H and O–H groups in total. The molecule has 0 saturated carbocycles. The fourth-order valence-electron chi connectivity index (χ4n) is 5.07. The number of amides is 3. The summed E-state index contributed by atoms with van der Waals surface area (Å²) >= 11 is 1.29. The van der Waals surface area contributed by atoms with E-state index in [0.717, 1.165) is 26.4 Å². The molecule has 41 heavy (non-hydrogen) atoms. The summed E-state index contributed by atoms with van der Waals surface area (Å²) in [7, 11) is 0. The van der Waals surface area contributed by atoms with E-state index < -0.39 is 61.7 Å². The molecule has 11 heteroatoms. The Hall–Kier alpha value is -4.38. The number of likely N-dealkylation sites (tertiary alicyclic amines) is 1. The van der Waals surface area contributed by atoms with E-state index in [0.29, 0.717) is 16.0 Å². The minimum absolute atomic E-state index is 0.108. The van der Waals surface area contributed by atoms with Gasteiger partial charge in [-0.1, -0.05) is 30.3 Å². The molecule has 1 aliphatic heterocycles. The van der Waals surface area contributed by atoms with Crippen LogP contribution in [0.4, 0.5) is 8.78 Å². The molecule has 8 nitrogen and oxygen atoms in total. The van der Waals surface area contributed by atoms with Crippen LogP contribution in [0.5, 0.6) is 0 Å². The summed E-state index contributed by atoms with van der Waals surface area (Å²) < 4.78 is 28.6. The number of carbonyl (C=O) groups excluding carboxylic acids is 3. The van der Waals surface area contributed by atoms with Gasteiger partial charge in [-0.05, 0) is 58.8 Å². The minimum atomic E-state index is -2.36. The van der Waals surface area contributed by atoms with Gasteiger partial charge in [0.15, 0.2) is 5.67 Å². The molecule has 3 amide bonds. The monoisotopic (exact) mass is 577 g/mol. The van der Waals surface area contributed by atoms with E-state index in [2.05, 4.69) is 10.6 Å². The third-order valence-corrected chi connectivity index (χ3v) is 8.45. The third kappa shape index (κ3) is 5.90. The largest absolute Gasteiger partial charge is 0.384 e. The highest BCUT2D eigenvalue weighted by atomic mass is 32.1. The number of halogens is 2. The maximum atomic E-state index is 15.1. The maximum Gasteiger partial charge on any atom is 0.251 e. The lowest BCUT2D eigenvalue weighted by atomic mass is 10.0. The number of nitrogens with two attached hydrogens (primary N) is 1. The van der Waals surface area contributed by atoms with E-state index in [4.69, 9.17) is 11.1 Å². The molecule has 1 aliphatic rings. The van der Waals surface area contributed by atoms with Crippen molar-refractivity contribution in [3.63, 3.8) is 0 Å². The van der Waals surface area contributed by atoms with Gasteiger partial charge < -0.3 is 21.3 Å². The highest BCUT2D eigenvalue weighted by Gasteiger charge is 2.49. The molecule has 0 radical (unpaired) electrons. The summed E-state index contributed by atoms with van der Waals surface area (Å²) in [5.74, 6) is -1.94. The fraction of sp³-hybridized carbons (Fsp3) is 0.267. The fourth-order valence-corrected chi connectivity index (χ4v) is 5.99. The van der Waals surface area contributed by atoms with Gasteiger partial charge in [0.05, 0.1) is 19.1 Å². The number of nitrogens with zero attached hydrogens (tertiary/aromatic N) is 1. The zero-order chi connectivity index (χ0) is 29.3. The van der Waals surface area contributed by atoms with Crippen LogP contribution in [-0.2, 0) is 9.59 Å². The molecular formula is C30H29F2N5O3S. The summed E-state index contributed by atoms with van der Waals surface area (Å²) in [6.07, 6.45) is -0.497. The summed E-state index contributed by atoms with van der Waals surface area (Å²) in [6.45, 7) is -0.718. The smallest absolute Gasteiger partial charge is 0.251 e. The van der Waals surface area contributed by atoms with Gasteiger partial charge in [-0.2, -0.15) is 0 Å². The second-order valence-corrected chi connectivity index (χ2v) is 11.3. The van der Waals surface area contributed by atoms with Crippen molar-refractivity contribution >= 4 is 56.4 Å². The molecule has 0 unspecified atom stereocenters. The lowest BCUT2D eigenvalue weighted by molar-refractivity contribution is -0.138. The average molecular weight is 578 g/mol. The van der Waals surface area contributed by atoms with E-state index in [-0.39, 0.29) is 5.84 Å². The highest BCUT2D eigenvalue weighted by molar-refractivity contribution is 7.10. The number of benzene rings is 3. The number of amidine groups is 1. The Morgan fingerprint density at radius 1 is 1.07 bits per heavy atom. The number of nitrogens with one attached hydrogen (secondary N) is 3. The van der Waals surface area contributed by atoms with Crippen LogP contribution in [0.2, 0.25) is 0 Å². The highest BCUT2D eigenvalue weighted by Crippen LogP contribution is 2.32. The predicted octanol–water partition coefficient (Wildman–Crippen LogP) is 4.22. The maximum absolute atomic E-state index is 15.1. The Kier molecular flexibility index (Phi) is 7.72. The van der Waals surface area contributed by atoms with E-state index in [9.17, 15) is 18.8 Å². The molecule has 3 atom stereocenters. The van der Waals surface area contributed by atoms with Crippen molar-refractivity contribution in [3.05, 3.63) is 82.0 Å². The number of thiophene rings is 1. The van der Waals surface area contributed by atoms with Crippen LogP contribution in [0, 0.1) is 5.41 Å². The summed E-state index contributed by atoms with van der Waals surface area (Å²) in [5.41, 5.74) is 4.00. The number of carbonyl (C=O) groups is 3. The van der Waals surface area contributed by atoms with Gasteiger partial charge in [-0.25, -0.2) is 8.78 Å². The van der Waals surface area contributed by atoms with Crippen molar-refractivity contribution in [1.29, 1.82) is 5.41 Å². The molecule has 2 heterocycles. The minimum Gasteiger partial charge on any atom is -0.384 e. The van der Waals surface area contributed by atoms with Gasteiger partial charge in [0.1, 0.15) is 18.6 Å². The molecule has 212 valence electrons. The zero-order valence-electron chi connectivity index (χ0n) is 22.2. The Balaban J connectivity index is 1.26. The van der Waals surface area contributed by atoms with Gasteiger partial charge in [0.25, 0.3) is 5.91 Å². The van der Waals surface area contributed by atoms with Crippen molar-refractivity contribution in [2.75, 3.05) is 19.8 Å². The number of alkyl halides is 2. The van der Waals surface area contributed by atoms with E-state index in [1.807, 2.05) is 42.5 Å². The molecule has 0 spiro atoms. The lowest BCUT2D eigenvalue weighted by Crippen LogP contribution is -2.49. The molecule has 1 aromatic heterocycles. The Morgan fingerprint density at radius 3 is 2.41 bits per heavy atom. The number of fused-ring (bicyclic) bond motifs is 2. The van der Waals surface area contributed by atoms with Crippen molar-refractivity contribution in [2.24, 2.45) is 5.73 Å². The van der Waals surface area contributed by atoms with Crippen molar-refractivity contribution in [2.45, 2.75) is 31.1 Å². The summed E-state index contributed by atoms with van der Waals surface area (Å²) in [6, 6.07) is 17.0. The van der Waals surface area contributed by atoms with Crippen molar-refractivity contribution in [3.8, 4) is 0 Å². The molecule has 1 fully saturated rings. The first kappa shape index (κ1) is 28.2. The van der Waals surface area contributed by atoms with Crippen LogP contribution < -0.4 is 16.4 Å². The van der Waals surface area contributed by atoms with Gasteiger partial charge in [-0.15, -0.1) is 11.3 Å². The molecule has 0 aliphatic carbocycles. The van der Waals surface area contributed by atoms with Crippen LogP contribution in [0.1, 0.15) is 40.2 Å². The Morgan fingerprint density at radius 2 is 1.76 bits per heavy atom. The molecule has 4 aromatic rings. The standard InChI is InChI=1S/C30H29F2N5O3S/c1-17(25-11-23(14-41-25)27(33)34)36-29(40)24-12-30(32,15-31)16-37(24)26(38)13-35-28(39)21-7-6-20-8-18-4-2-3-5-19(18)9-22(20)10-21/h2-11,14,17,24H,12-13,15-16H2,1H3,(H3,33,34)(H,35,39)(H,36,40)/t17-,24+,30+/m1/s1. The SMILES string of the molecule is C[C@@H](NC(=O)[C@@H]1C[C@](F)(CF)CN1C(=O)CNC(=O)c1ccc2cc3ccccc3cc2c1)c1cc(C(=N)N)cs1. The van der Waals surface area contributed by atoms with E-state index in [1.54, 1.807) is 30.5 Å². The zero-order valence-corrected chi connectivity index (χ0v) is 23.1. The molecular weight excluding hydrogens is 548 g/mol. The predicted molar refractivity (Wildman–Crippen MR) is 156 cm³/mol. The van der Waals surface area contributed by atoms with Crippen LogP contribution in [-0.4, -0.2) is 59.9 Å². The van der Waals surface area contributed by atoms with E-state index >= 15 is 4.39 Å². The van der Waals surface area contributed by atoms with Gasteiger partial charge in [0.2, 0.25) is 11.8 Å². The summed E-state index contributed by atoms with van der Waals surface area (Å²) in [4.78, 5) is 40.8. The first-order valence-corrected chi connectivity index (χ1v) is 13.9. The van der Waals surface area contributed by atoms with Gasteiger partial charge in [-0.3, -0.25) is 19.8 Å². The number of rotatable bonds is 8. The lowest BCUT2D eigenvalue weighted by Gasteiger charge is -2.25. The third-order valence-electron chi connectivity index (χ3n) is 7.34. The molecule has 3 aromatic carbocycles. The average Bonchev–Trinajstić information content (AvgIpc) is 3.60. The molecule has 0 bridgehead atoms. The number of hydrogen-bond donors (Lipinski definition) is 4. The van der Waals surface area contributed by atoms with Crippen LogP contribution in [0.15, 0.2) is 66.0 Å². The molecule has 5 rings (SSSR count). The van der Waals surface area contributed by atoms with Crippen molar-refractivity contribution < 1.29 is 23.2 Å². The Labute approximate surface area is 239 Å². The number of hydrogen-bond acceptors (Lipinski definition) is 5. The Bertz CT molecular complexity index is 1670. The van der Waals surface area contributed by atoms with Crippen LogP contribution in [0.3, 0.4) is 0 Å². The normalized spacial score (nSPS) is 19.3. The van der Waals surface area contributed by atoms with Crippen LogP contribution >= 0.6 is 11.3 Å². The van der Waals surface area contributed by atoms with E-state index in [1.165, 1.54) is 11.3 Å². The topological polar surface area (TPSA) is 128 Å². The second-order valence-electron chi connectivity index (χ2n) is 10.4. The van der Waals surface area contributed by atoms with Gasteiger partial charge >= 0.3 is 0 Å². The quantitative estimate of drug-likeness (QED) is 0.142. The molecule has 1 saturated heterocycles. The second kappa shape index (κ2) is 11.2. The van der Waals surface area contributed by atoms with Crippen molar-refractivity contribution in [1.82, 2.24) is 15.5 Å². The van der Waals surface area contributed by atoms with Crippen LogP contribution in [0.25, 0.3) is 21.5 Å². The first-order valence-electron chi connectivity index (χ1n) is 13.1. The summed E-state index contributed by atoms with van der Waals surface area (Å²) in [5, 5.41) is 18.5. The first-order chi connectivity index (χ1) is 19.6.